The number of phosphoric ester groups is 1. The second kappa shape index (κ2) is 57.8. The minimum absolute atomic E-state index is 0.156. The predicted octanol–water partition coefficient (Wildman–Crippen LogP) is 18.3. The van der Waals surface area contributed by atoms with Crippen LogP contribution in [-0.2, 0) is 42.2 Å². The molecule has 2 N–H and O–H groups in total. The molecule has 0 aromatic heterocycles. The normalized spacial score (nSPS) is 13.9. The minimum atomic E-state index is -4.76. The van der Waals surface area contributed by atoms with E-state index < -0.39 is 57.8 Å². The lowest BCUT2D eigenvalue weighted by atomic mass is 10.1. The summed E-state index contributed by atoms with van der Waals surface area (Å²) in [7, 11) is -4.76. The van der Waals surface area contributed by atoms with Crippen molar-refractivity contribution < 1.29 is 52.2 Å². The molecule has 12 heteroatoms. The van der Waals surface area contributed by atoms with Crippen LogP contribution in [-0.4, -0.2) is 66.5 Å². The highest BCUT2D eigenvalue weighted by molar-refractivity contribution is 7.47. The van der Waals surface area contributed by atoms with Gasteiger partial charge in [0.1, 0.15) is 12.7 Å². The van der Waals surface area contributed by atoms with Gasteiger partial charge in [0.2, 0.25) is 0 Å². The van der Waals surface area contributed by atoms with Crippen molar-refractivity contribution in [3.8, 4) is 0 Å². The molecular weight excluding hydrogens is 976 g/mol. The third kappa shape index (κ3) is 55.4. The van der Waals surface area contributed by atoms with E-state index in [0.29, 0.717) is 19.3 Å². The van der Waals surface area contributed by atoms with Crippen LogP contribution < -0.4 is 0 Å². The number of hydrogen-bond acceptors (Lipinski definition) is 10. The van der Waals surface area contributed by atoms with Crippen LogP contribution in [0.2, 0.25) is 0 Å². The molecule has 0 aliphatic rings. The van der Waals surface area contributed by atoms with Crippen LogP contribution in [0.15, 0.2) is 85.1 Å². The second-order valence-corrected chi connectivity index (χ2v) is 21.6. The fourth-order valence-electron chi connectivity index (χ4n) is 8.14. The van der Waals surface area contributed by atoms with E-state index in [1.54, 1.807) is 0 Å². The van der Waals surface area contributed by atoms with Crippen LogP contribution in [0.3, 0.4) is 0 Å². The van der Waals surface area contributed by atoms with Crippen molar-refractivity contribution in [2.24, 2.45) is 0 Å². The highest BCUT2D eigenvalue weighted by Crippen LogP contribution is 2.43. The van der Waals surface area contributed by atoms with Crippen LogP contribution in [0.4, 0.5) is 0 Å². The first kappa shape index (κ1) is 72.7. The Morgan fingerprint density at radius 1 is 0.382 bits per heavy atom. The molecular formula is C64H111O11P. The van der Waals surface area contributed by atoms with E-state index in [1.807, 2.05) is 0 Å². The lowest BCUT2D eigenvalue weighted by Crippen LogP contribution is -2.30. The monoisotopic (exact) mass is 1090 g/mol. The topological polar surface area (TPSA) is 155 Å². The largest absolute Gasteiger partial charge is 0.472 e. The molecule has 0 bridgehead atoms. The number of aliphatic hydroxyl groups is 1. The maximum Gasteiger partial charge on any atom is 0.472 e. The molecule has 0 aliphatic carbocycles. The maximum absolute atomic E-state index is 12.9. The molecule has 0 heterocycles. The first-order chi connectivity index (χ1) is 37.2. The number of allylic oxidation sites excluding steroid dienone is 14. The lowest BCUT2D eigenvalue weighted by molar-refractivity contribution is -0.161. The Balaban J connectivity index is 4.76. The number of carbonyl (C=O) groups excluding carboxylic acids is 3. The summed E-state index contributed by atoms with van der Waals surface area (Å²) in [5, 5.41) is 9.82. The van der Waals surface area contributed by atoms with E-state index in [4.69, 9.17) is 23.3 Å². The maximum atomic E-state index is 12.9. The van der Waals surface area contributed by atoms with Gasteiger partial charge < -0.3 is 24.2 Å². The van der Waals surface area contributed by atoms with E-state index >= 15 is 0 Å². The van der Waals surface area contributed by atoms with Gasteiger partial charge in [-0.1, -0.05) is 221 Å². The highest BCUT2D eigenvalue weighted by atomic mass is 31.2. The Labute approximate surface area is 464 Å². The number of unbranched alkanes of at least 4 members (excludes halogenated alkanes) is 25. The van der Waals surface area contributed by atoms with Crippen LogP contribution in [0.5, 0.6) is 0 Å². The zero-order valence-corrected chi connectivity index (χ0v) is 49.3. The Morgan fingerprint density at radius 2 is 0.711 bits per heavy atom. The summed E-state index contributed by atoms with van der Waals surface area (Å²) >= 11 is 0. The number of phosphoric acid groups is 1. The fraction of sp³-hybridized carbons (Fsp3) is 0.734. The summed E-state index contributed by atoms with van der Waals surface area (Å²) in [6.07, 6.45) is 66.8. The van der Waals surface area contributed by atoms with Gasteiger partial charge in [-0.05, 0) is 109 Å². The van der Waals surface area contributed by atoms with Gasteiger partial charge >= 0.3 is 25.7 Å². The summed E-state index contributed by atoms with van der Waals surface area (Å²) in [5.74, 6) is -1.51. The van der Waals surface area contributed by atoms with Crippen molar-refractivity contribution in [2.75, 3.05) is 26.4 Å². The quantitative estimate of drug-likeness (QED) is 0.0197. The second-order valence-electron chi connectivity index (χ2n) is 20.1. The first-order valence-corrected chi connectivity index (χ1v) is 32.0. The van der Waals surface area contributed by atoms with E-state index in [9.17, 15) is 28.9 Å². The zero-order chi connectivity index (χ0) is 55.5. The van der Waals surface area contributed by atoms with E-state index in [2.05, 4.69) is 106 Å². The molecule has 0 saturated carbocycles. The summed E-state index contributed by atoms with van der Waals surface area (Å²) in [4.78, 5) is 48.6. The number of carbonyl (C=O) groups is 3. The fourth-order valence-corrected chi connectivity index (χ4v) is 8.93. The molecule has 0 aromatic carbocycles. The van der Waals surface area contributed by atoms with Gasteiger partial charge in [0, 0.05) is 19.3 Å². The first-order valence-electron chi connectivity index (χ1n) is 30.5. The third-order valence-corrected chi connectivity index (χ3v) is 13.7. The third-order valence-electron chi connectivity index (χ3n) is 12.8. The minimum Gasteiger partial charge on any atom is -0.462 e. The zero-order valence-electron chi connectivity index (χ0n) is 48.5. The van der Waals surface area contributed by atoms with E-state index in [0.717, 1.165) is 122 Å². The van der Waals surface area contributed by atoms with Crippen molar-refractivity contribution in [2.45, 2.75) is 277 Å². The lowest BCUT2D eigenvalue weighted by Gasteiger charge is -2.21. The average molecular weight is 1090 g/mol. The van der Waals surface area contributed by atoms with E-state index in [-0.39, 0.29) is 25.9 Å². The number of hydrogen-bond donors (Lipinski definition) is 2. The smallest absolute Gasteiger partial charge is 0.462 e. The Bertz CT molecular complexity index is 1600. The standard InChI is InChI=1S/C64H111O11P/c1-4-7-10-13-16-19-22-25-27-29-30-32-34-37-40-43-46-49-52-55-64(68)75-61(57-71-62(66)53-50-47-44-41-38-36-33-31-28-26-23-20-17-14-11-8-5-2)59-73-76(69,70)72-58-60(56-65)74-63(67)54-51-48-45-42-39-35-24-21-18-15-12-9-6-3/h8,11-12,15,17,20-21,24-28,33,36,60-61,65H,4-7,9-10,13-14,16,18-19,22-23,29-32,34-35,37-59H2,1-3H3,(H,69,70)/b11-8-,15-12-,20-17-,24-21-,27-25-,28-26-,36-33-. The summed E-state index contributed by atoms with van der Waals surface area (Å²) in [5.41, 5.74) is 0. The molecule has 0 saturated heterocycles. The van der Waals surface area contributed by atoms with E-state index in [1.165, 1.54) is 83.5 Å². The summed E-state index contributed by atoms with van der Waals surface area (Å²) in [6, 6.07) is 0. The van der Waals surface area contributed by atoms with Crippen LogP contribution in [0.1, 0.15) is 265 Å². The molecule has 3 atom stereocenters. The molecule has 0 radical (unpaired) electrons. The number of ether oxygens (including phenoxy) is 3. The van der Waals surface area contributed by atoms with Crippen molar-refractivity contribution in [1.82, 2.24) is 0 Å². The molecule has 3 unspecified atom stereocenters. The van der Waals surface area contributed by atoms with Crippen LogP contribution >= 0.6 is 7.82 Å². The Kier molecular flexibility index (Phi) is 55.3. The summed E-state index contributed by atoms with van der Waals surface area (Å²) in [6.45, 7) is 4.44. The van der Waals surface area contributed by atoms with Gasteiger partial charge in [0.05, 0.1) is 19.8 Å². The predicted molar refractivity (Wildman–Crippen MR) is 316 cm³/mol. The Hall–Kier alpha value is -3.34. The molecule has 0 aromatic rings. The number of esters is 3. The van der Waals surface area contributed by atoms with Crippen LogP contribution in [0.25, 0.3) is 0 Å². The average Bonchev–Trinajstić information content (AvgIpc) is 3.41. The van der Waals surface area contributed by atoms with Crippen LogP contribution in [0, 0.1) is 0 Å². The molecule has 76 heavy (non-hydrogen) atoms. The van der Waals surface area contributed by atoms with Gasteiger partial charge in [-0.15, -0.1) is 0 Å². The molecule has 0 rings (SSSR count). The molecule has 11 nitrogen and oxygen atoms in total. The van der Waals surface area contributed by atoms with Gasteiger partial charge in [-0.2, -0.15) is 0 Å². The molecule has 0 fully saturated rings. The van der Waals surface area contributed by atoms with Gasteiger partial charge in [-0.25, -0.2) is 4.57 Å². The number of aliphatic hydroxyl groups excluding tert-OH is 1. The van der Waals surface area contributed by atoms with Gasteiger partial charge in [0.15, 0.2) is 6.10 Å². The van der Waals surface area contributed by atoms with Crippen molar-refractivity contribution in [3.05, 3.63) is 85.1 Å². The van der Waals surface area contributed by atoms with Gasteiger partial charge in [0.25, 0.3) is 0 Å². The SMILES string of the molecule is CC/C=C\C/C=C\C/C=C\C/C=C\CCCCCCC(=O)OCC(COP(=O)(O)OCC(CO)OC(=O)CCCCCCC/C=C\C/C=C\CCC)OC(=O)CCCCCCCCCCC/C=C\CCCCCCCC. The van der Waals surface area contributed by atoms with Gasteiger partial charge in [-0.3, -0.25) is 23.4 Å². The van der Waals surface area contributed by atoms with Crippen molar-refractivity contribution in [1.29, 1.82) is 0 Å². The van der Waals surface area contributed by atoms with Crippen molar-refractivity contribution >= 4 is 25.7 Å². The van der Waals surface area contributed by atoms with Crippen molar-refractivity contribution in [3.63, 3.8) is 0 Å². The molecule has 0 spiro atoms. The summed E-state index contributed by atoms with van der Waals surface area (Å²) < 4.78 is 39.6. The molecule has 0 aliphatic heterocycles. The molecule has 438 valence electrons. The number of rotatable bonds is 56. The molecule has 0 amide bonds. The highest BCUT2D eigenvalue weighted by Gasteiger charge is 2.28. The Morgan fingerprint density at radius 3 is 1.12 bits per heavy atom.